The van der Waals surface area contributed by atoms with Gasteiger partial charge in [-0.3, -0.25) is 0 Å². The van der Waals surface area contributed by atoms with Gasteiger partial charge in [0.1, 0.15) is 18.0 Å². The first kappa shape index (κ1) is 30.9. The molecule has 0 spiro atoms. The first-order valence-electron chi connectivity index (χ1n) is 14.5. The van der Waals surface area contributed by atoms with E-state index in [1.165, 1.54) is 0 Å². The normalized spacial score (nSPS) is 14.9. The molecule has 11 heteroatoms. The lowest BCUT2D eigenvalue weighted by molar-refractivity contribution is -0.137. The number of pyridine rings is 1. The van der Waals surface area contributed by atoms with Crippen molar-refractivity contribution in [3.8, 4) is 11.1 Å². The topological polar surface area (TPSA) is 72.4 Å². The Balaban J connectivity index is 1.66. The summed E-state index contributed by atoms with van der Waals surface area (Å²) in [7, 11) is -1.37. The lowest BCUT2D eigenvalue weighted by Crippen LogP contribution is -2.39. The van der Waals surface area contributed by atoms with Crippen LogP contribution in [0.25, 0.3) is 38.6 Å². The maximum atomic E-state index is 14.5. The molecule has 5 rings (SSSR count). The molecule has 0 bridgehead atoms. The van der Waals surface area contributed by atoms with Gasteiger partial charge in [-0.25, -0.2) is 9.78 Å². The summed E-state index contributed by atoms with van der Waals surface area (Å²) in [6.07, 6.45) is 0.115. The molecule has 0 atom stereocenters. The third kappa shape index (κ3) is 6.83. The molecule has 1 amide bonds. The Kier molecular flexibility index (Phi) is 8.25. The zero-order valence-electron chi connectivity index (χ0n) is 25.6. The number of H-pyrrole nitrogens is 1. The highest BCUT2D eigenvalue weighted by molar-refractivity contribution is 6.76. The van der Waals surface area contributed by atoms with Gasteiger partial charge in [-0.2, -0.15) is 13.2 Å². The minimum absolute atomic E-state index is 0.0671. The maximum Gasteiger partial charge on any atom is 0.418 e. The SMILES string of the molecule is CC(C)(C)OC(=O)N1CCC=C(c2cc3c(-c4c[nH]c5ccccc45)c(C(F)(F)F)cnc3n2COCC[Si](C)(C)C)C1. The first-order valence-corrected chi connectivity index (χ1v) is 18.2. The number of hydrogen-bond acceptors (Lipinski definition) is 4. The van der Waals surface area contributed by atoms with Crippen molar-refractivity contribution in [2.24, 2.45) is 0 Å². The van der Waals surface area contributed by atoms with Crippen LogP contribution in [0.4, 0.5) is 18.0 Å². The fraction of sp³-hybridized carbons (Fsp3) is 0.438. The van der Waals surface area contributed by atoms with Crippen LogP contribution in [0.5, 0.6) is 0 Å². The minimum Gasteiger partial charge on any atom is -0.444 e. The second-order valence-electron chi connectivity index (χ2n) is 13.3. The second kappa shape index (κ2) is 11.5. The van der Waals surface area contributed by atoms with Crippen molar-refractivity contribution >= 4 is 41.7 Å². The zero-order chi connectivity index (χ0) is 31.2. The van der Waals surface area contributed by atoms with Gasteiger partial charge >= 0.3 is 12.3 Å². The number of alkyl halides is 3. The van der Waals surface area contributed by atoms with Gasteiger partial charge in [0.05, 0.1) is 17.8 Å². The fourth-order valence-corrected chi connectivity index (χ4v) is 6.08. The van der Waals surface area contributed by atoms with Gasteiger partial charge < -0.3 is 23.9 Å². The molecule has 0 fully saturated rings. The van der Waals surface area contributed by atoms with Crippen LogP contribution in [0.2, 0.25) is 25.7 Å². The summed E-state index contributed by atoms with van der Waals surface area (Å²) in [6.45, 7) is 13.6. The van der Waals surface area contributed by atoms with Crippen molar-refractivity contribution in [1.82, 2.24) is 19.4 Å². The van der Waals surface area contributed by atoms with Crippen LogP contribution in [0.15, 0.2) is 48.8 Å². The monoisotopic (exact) mass is 612 g/mol. The van der Waals surface area contributed by atoms with Gasteiger partial charge in [-0.05, 0) is 50.9 Å². The van der Waals surface area contributed by atoms with E-state index in [0.29, 0.717) is 47.2 Å². The number of para-hydroxylation sites is 1. The maximum absolute atomic E-state index is 14.5. The number of nitrogens with one attached hydrogen (secondary N) is 1. The summed E-state index contributed by atoms with van der Waals surface area (Å²) in [4.78, 5) is 22.1. The Labute approximate surface area is 250 Å². The molecule has 7 nitrogen and oxygen atoms in total. The average Bonchev–Trinajstić information content (AvgIpc) is 3.50. The third-order valence-corrected chi connectivity index (χ3v) is 9.14. The van der Waals surface area contributed by atoms with E-state index in [9.17, 15) is 18.0 Å². The van der Waals surface area contributed by atoms with E-state index in [1.807, 2.05) is 55.7 Å². The largest absolute Gasteiger partial charge is 0.444 e. The van der Waals surface area contributed by atoms with Crippen molar-refractivity contribution in [2.75, 3.05) is 19.7 Å². The van der Waals surface area contributed by atoms with Crippen molar-refractivity contribution in [2.45, 2.75) is 71.4 Å². The van der Waals surface area contributed by atoms with Crippen LogP contribution in [-0.4, -0.2) is 58.9 Å². The van der Waals surface area contributed by atoms with Crippen LogP contribution >= 0.6 is 0 Å². The smallest absolute Gasteiger partial charge is 0.418 e. The average molecular weight is 613 g/mol. The van der Waals surface area contributed by atoms with Crippen LogP contribution in [0, 0.1) is 0 Å². The van der Waals surface area contributed by atoms with Crippen LogP contribution < -0.4 is 0 Å². The van der Waals surface area contributed by atoms with E-state index in [2.05, 4.69) is 29.6 Å². The van der Waals surface area contributed by atoms with Crippen LogP contribution in [-0.2, 0) is 22.4 Å². The molecule has 4 aromatic rings. The molecule has 230 valence electrons. The first-order chi connectivity index (χ1) is 20.1. The van der Waals surface area contributed by atoms with Gasteiger partial charge in [0, 0.05) is 61.0 Å². The summed E-state index contributed by atoms with van der Waals surface area (Å²) in [5.41, 5.74) is 1.68. The van der Waals surface area contributed by atoms with Gasteiger partial charge in [-0.1, -0.05) is 43.9 Å². The summed E-state index contributed by atoms with van der Waals surface area (Å²) in [6, 6.07) is 10.0. The van der Waals surface area contributed by atoms with E-state index in [4.69, 9.17) is 9.47 Å². The number of aromatic amines is 1. The van der Waals surface area contributed by atoms with Gasteiger partial charge in [0.25, 0.3) is 0 Å². The Morgan fingerprint density at radius 3 is 2.56 bits per heavy atom. The Morgan fingerprint density at radius 2 is 1.86 bits per heavy atom. The van der Waals surface area contributed by atoms with Crippen molar-refractivity contribution in [1.29, 1.82) is 0 Å². The summed E-state index contributed by atoms with van der Waals surface area (Å²) in [5, 5.41) is 1.06. The van der Waals surface area contributed by atoms with Crippen molar-refractivity contribution < 1.29 is 27.4 Å². The van der Waals surface area contributed by atoms with E-state index in [0.717, 1.165) is 23.3 Å². The summed E-state index contributed by atoms with van der Waals surface area (Å²) >= 11 is 0. The molecule has 0 unspecified atom stereocenters. The number of carbonyl (C=O) groups is 1. The molecule has 0 aliphatic carbocycles. The molecule has 0 saturated heterocycles. The van der Waals surface area contributed by atoms with Crippen molar-refractivity contribution in [3.63, 3.8) is 0 Å². The lowest BCUT2D eigenvalue weighted by Gasteiger charge is -2.30. The molecule has 1 N–H and O–H groups in total. The third-order valence-electron chi connectivity index (χ3n) is 7.44. The highest BCUT2D eigenvalue weighted by Crippen LogP contribution is 2.44. The Hall–Kier alpha value is -3.57. The van der Waals surface area contributed by atoms with Crippen LogP contribution in [0.3, 0.4) is 0 Å². The van der Waals surface area contributed by atoms with Gasteiger partial charge in [0.15, 0.2) is 0 Å². The molecule has 3 aromatic heterocycles. The summed E-state index contributed by atoms with van der Waals surface area (Å²) in [5.74, 6) is 0. The predicted octanol–water partition coefficient (Wildman–Crippen LogP) is 8.54. The number of aromatic nitrogens is 3. The lowest BCUT2D eigenvalue weighted by atomic mass is 9.97. The molecule has 1 aliphatic rings. The van der Waals surface area contributed by atoms with Gasteiger partial charge in [-0.15, -0.1) is 0 Å². The Bertz CT molecular complexity index is 1680. The zero-order valence-corrected chi connectivity index (χ0v) is 26.6. The molecule has 0 radical (unpaired) electrons. The number of benzene rings is 1. The molecule has 0 saturated carbocycles. The standard InChI is InChI=1S/C32H39F3N4O3Si/c1-31(2,3)42-30(40)38-13-9-10-21(19-38)27-16-23-28(24-17-36-26-12-8-7-11-22(24)26)25(32(33,34)35)18-37-29(23)39(27)20-41-14-15-43(4,5)6/h7-8,10-12,16-18,36H,9,13-15,19-20H2,1-6H3. The number of fused-ring (bicyclic) bond motifs is 2. The van der Waals surface area contributed by atoms with E-state index < -0.39 is 31.5 Å². The highest BCUT2D eigenvalue weighted by atomic mass is 28.3. The number of amides is 1. The number of hydrogen-bond donors (Lipinski definition) is 1. The molecular weight excluding hydrogens is 573 g/mol. The number of nitrogens with zero attached hydrogens (tertiary/aromatic N) is 3. The number of rotatable bonds is 7. The fourth-order valence-electron chi connectivity index (χ4n) is 5.32. The molecule has 1 aliphatic heterocycles. The summed E-state index contributed by atoms with van der Waals surface area (Å²) < 4.78 is 57.1. The molecular formula is C32H39F3N4O3Si. The van der Waals surface area contributed by atoms with Crippen LogP contribution in [0.1, 0.15) is 38.4 Å². The quantitative estimate of drug-likeness (QED) is 0.168. The number of carbonyl (C=O) groups excluding carboxylic acids is 1. The number of ether oxygens (including phenoxy) is 2. The highest BCUT2D eigenvalue weighted by Gasteiger charge is 2.37. The molecule has 4 heterocycles. The predicted molar refractivity (Wildman–Crippen MR) is 167 cm³/mol. The molecule has 1 aromatic carbocycles. The van der Waals surface area contributed by atoms with E-state index >= 15 is 0 Å². The second-order valence-corrected chi connectivity index (χ2v) is 18.9. The van der Waals surface area contributed by atoms with Gasteiger partial charge in [0.2, 0.25) is 0 Å². The number of halogens is 3. The minimum atomic E-state index is -4.62. The molecule has 43 heavy (non-hydrogen) atoms. The Morgan fingerprint density at radius 1 is 1.12 bits per heavy atom. The van der Waals surface area contributed by atoms with Crippen molar-refractivity contribution in [3.05, 3.63) is 60.1 Å². The van der Waals surface area contributed by atoms with E-state index in [-0.39, 0.29) is 18.8 Å². The van der Waals surface area contributed by atoms with E-state index in [1.54, 1.807) is 17.2 Å².